The molecule has 0 aromatic rings. The van der Waals surface area contributed by atoms with E-state index < -0.39 is 0 Å². The highest BCUT2D eigenvalue weighted by molar-refractivity contribution is 5.76. The first-order chi connectivity index (χ1) is 8.26. The van der Waals surface area contributed by atoms with E-state index in [1.165, 1.54) is 0 Å². The zero-order valence-corrected chi connectivity index (χ0v) is 11.3. The maximum absolute atomic E-state index is 11.9. The van der Waals surface area contributed by atoms with Gasteiger partial charge in [0.05, 0.1) is 13.2 Å². The predicted molar refractivity (Wildman–Crippen MR) is 68.1 cm³/mol. The van der Waals surface area contributed by atoms with Gasteiger partial charge in [0.1, 0.15) is 0 Å². The Kier molecular flexibility index (Phi) is 11.4. The molecule has 0 aromatic heterocycles. The molecule has 1 N–H and O–H groups in total. The van der Waals surface area contributed by atoms with Crippen LogP contribution in [0.3, 0.4) is 0 Å². The Hall–Kier alpha value is -0.650. The van der Waals surface area contributed by atoms with Crippen LogP contribution in [0.2, 0.25) is 0 Å². The average molecular weight is 246 g/mol. The van der Waals surface area contributed by atoms with Gasteiger partial charge in [-0.05, 0) is 20.9 Å². The lowest BCUT2D eigenvalue weighted by Gasteiger charge is -2.22. The number of hydrogen-bond acceptors (Lipinski definition) is 4. The molecule has 0 heterocycles. The van der Waals surface area contributed by atoms with Crippen molar-refractivity contribution in [1.82, 2.24) is 10.2 Å². The third-order valence-corrected chi connectivity index (χ3v) is 2.36. The number of carbonyl (C=O) groups is 1. The fourth-order valence-corrected chi connectivity index (χ4v) is 1.39. The third kappa shape index (κ3) is 9.09. The van der Waals surface area contributed by atoms with Crippen LogP contribution >= 0.6 is 0 Å². The summed E-state index contributed by atoms with van der Waals surface area (Å²) in [5, 5.41) is 2.98. The molecular weight excluding hydrogens is 220 g/mol. The molecule has 0 aliphatic rings. The normalized spacial score (nSPS) is 10.5. The van der Waals surface area contributed by atoms with Gasteiger partial charge in [0.25, 0.3) is 0 Å². The molecule has 0 saturated carbocycles. The van der Waals surface area contributed by atoms with Gasteiger partial charge in [-0.15, -0.1) is 0 Å². The van der Waals surface area contributed by atoms with Crippen LogP contribution in [0.5, 0.6) is 0 Å². The summed E-state index contributed by atoms with van der Waals surface area (Å²) in [4.78, 5) is 13.7. The maximum atomic E-state index is 11.9. The summed E-state index contributed by atoms with van der Waals surface area (Å²) < 4.78 is 10.5. The van der Waals surface area contributed by atoms with Gasteiger partial charge in [-0.2, -0.15) is 0 Å². The minimum atomic E-state index is 0.152. The molecule has 5 heteroatoms. The summed E-state index contributed by atoms with van der Waals surface area (Å²) >= 11 is 0. The summed E-state index contributed by atoms with van der Waals surface area (Å²) in [6.45, 7) is 8.45. The molecule has 1 amide bonds. The van der Waals surface area contributed by atoms with Crippen molar-refractivity contribution in [2.45, 2.75) is 20.3 Å². The van der Waals surface area contributed by atoms with Crippen molar-refractivity contribution in [2.24, 2.45) is 0 Å². The van der Waals surface area contributed by atoms with Gasteiger partial charge in [0.15, 0.2) is 0 Å². The summed E-state index contributed by atoms with van der Waals surface area (Å²) in [6.07, 6.45) is 0.523. The summed E-state index contributed by atoms with van der Waals surface area (Å²) in [7, 11) is 1.85. The SMILES string of the molecule is CCOCCN(CCOCC)C(=O)CCNC. The molecule has 17 heavy (non-hydrogen) atoms. The Morgan fingerprint density at radius 3 is 2.06 bits per heavy atom. The van der Waals surface area contributed by atoms with Gasteiger partial charge in [0, 0.05) is 39.3 Å². The average Bonchev–Trinajstić information content (AvgIpc) is 2.34. The first kappa shape index (κ1) is 16.4. The molecule has 0 aliphatic carbocycles. The Morgan fingerprint density at radius 2 is 1.65 bits per heavy atom. The standard InChI is InChI=1S/C12H26N2O3/c1-4-16-10-8-14(9-11-17-5-2)12(15)6-7-13-3/h13H,4-11H2,1-3H3. The first-order valence-electron chi connectivity index (χ1n) is 6.34. The molecule has 0 spiro atoms. The van der Waals surface area contributed by atoms with Crippen LogP contribution in [0.15, 0.2) is 0 Å². The van der Waals surface area contributed by atoms with Gasteiger partial charge < -0.3 is 19.7 Å². The van der Waals surface area contributed by atoms with E-state index in [4.69, 9.17) is 9.47 Å². The molecule has 0 bridgehead atoms. The highest BCUT2D eigenvalue weighted by atomic mass is 16.5. The van der Waals surface area contributed by atoms with E-state index in [9.17, 15) is 4.79 Å². The van der Waals surface area contributed by atoms with Crippen molar-refractivity contribution in [3.8, 4) is 0 Å². The van der Waals surface area contributed by atoms with Crippen molar-refractivity contribution in [1.29, 1.82) is 0 Å². The first-order valence-corrected chi connectivity index (χ1v) is 6.34. The number of amides is 1. The lowest BCUT2D eigenvalue weighted by Crippen LogP contribution is -2.37. The molecule has 0 aromatic carbocycles. The van der Waals surface area contributed by atoms with Crippen LogP contribution in [0, 0.1) is 0 Å². The van der Waals surface area contributed by atoms with Crippen LogP contribution in [0.4, 0.5) is 0 Å². The number of hydrogen-bond donors (Lipinski definition) is 1. The summed E-state index contributed by atoms with van der Waals surface area (Å²) in [5.74, 6) is 0.152. The number of nitrogens with zero attached hydrogens (tertiary/aromatic N) is 1. The van der Waals surface area contributed by atoms with Crippen LogP contribution in [-0.2, 0) is 14.3 Å². The molecule has 0 saturated heterocycles. The van der Waals surface area contributed by atoms with E-state index in [-0.39, 0.29) is 5.91 Å². The topological polar surface area (TPSA) is 50.8 Å². The largest absolute Gasteiger partial charge is 0.380 e. The maximum Gasteiger partial charge on any atom is 0.224 e. The van der Waals surface area contributed by atoms with E-state index in [1.807, 2.05) is 25.8 Å². The zero-order chi connectivity index (χ0) is 12.9. The lowest BCUT2D eigenvalue weighted by molar-refractivity contribution is -0.132. The van der Waals surface area contributed by atoms with Crippen LogP contribution in [0.25, 0.3) is 0 Å². The third-order valence-electron chi connectivity index (χ3n) is 2.36. The number of ether oxygens (including phenoxy) is 2. The Bertz CT molecular complexity index is 179. The van der Waals surface area contributed by atoms with E-state index in [0.717, 1.165) is 0 Å². The fraction of sp³-hybridized carbons (Fsp3) is 0.917. The molecule has 0 radical (unpaired) electrons. The molecular formula is C12H26N2O3. The smallest absolute Gasteiger partial charge is 0.224 e. The molecule has 0 atom stereocenters. The fourth-order valence-electron chi connectivity index (χ4n) is 1.39. The van der Waals surface area contributed by atoms with Crippen molar-refractivity contribution in [2.75, 3.05) is 53.1 Å². The van der Waals surface area contributed by atoms with Gasteiger partial charge in [-0.3, -0.25) is 4.79 Å². The minimum Gasteiger partial charge on any atom is -0.380 e. The van der Waals surface area contributed by atoms with E-state index in [0.29, 0.717) is 52.5 Å². The van der Waals surface area contributed by atoms with Crippen LogP contribution < -0.4 is 5.32 Å². The summed E-state index contributed by atoms with van der Waals surface area (Å²) in [5.41, 5.74) is 0. The van der Waals surface area contributed by atoms with Crippen LogP contribution in [-0.4, -0.2) is 63.9 Å². The molecule has 102 valence electrons. The molecule has 0 fully saturated rings. The van der Waals surface area contributed by atoms with E-state index >= 15 is 0 Å². The zero-order valence-electron chi connectivity index (χ0n) is 11.3. The minimum absolute atomic E-state index is 0.152. The molecule has 0 rings (SSSR count). The predicted octanol–water partition coefficient (Wildman–Crippen LogP) is 0.498. The van der Waals surface area contributed by atoms with Crippen molar-refractivity contribution in [3.63, 3.8) is 0 Å². The number of nitrogens with one attached hydrogen (secondary N) is 1. The number of carbonyl (C=O) groups excluding carboxylic acids is 1. The van der Waals surface area contributed by atoms with Gasteiger partial charge >= 0.3 is 0 Å². The highest BCUT2D eigenvalue weighted by Gasteiger charge is 2.12. The number of rotatable bonds is 11. The van der Waals surface area contributed by atoms with Crippen molar-refractivity contribution < 1.29 is 14.3 Å². The summed E-state index contributed by atoms with van der Waals surface area (Å²) in [6, 6.07) is 0. The molecule has 0 unspecified atom stereocenters. The van der Waals surface area contributed by atoms with Crippen LogP contribution in [0.1, 0.15) is 20.3 Å². The van der Waals surface area contributed by atoms with E-state index in [2.05, 4.69) is 5.32 Å². The van der Waals surface area contributed by atoms with Gasteiger partial charge in [-0.25, -0.2) is 0 Å². The Morgan fingerprint density at radius 1 is 1.12 bits per heavy atom. The Balaban J connectivity index is 3.94. The second-order valence-corrected chi connectivity index (χ2v) is 3.63. The quantitative estimate of drug-likeness (QED) is 0.539. The second-order valence-electron chi connectivity index (χ2n) is 3.63. The van der Waals surface area contributed by atoms with Crippen molar-refractivity contribution >= 4 is 5.91 Å². The van der Waals surface area contributed by atoms with Crippen molar-refractivity contribution in [3.05, 3.63) is 0 Å². The second kappa shape index (κ2) is 11.8. The highest BCUT2D eigenvalue weighted by Crippen LogP contribution is 1.95. The lowest BCUT2D eigenvalue weighted by atomic mass is 10.3. The van der Waals surface area contributed by atoms with E-state index in [1.54, 1.807) is 0 Å². The van der Waals surface area contributed by atoms with Gasteiger partial charge in [0.2, 0.25) is 5.91 Å². The molecule has 0 aliphatic heterocycles. The Labute approximate surface area is 104 Å². The molecule has 5 nitrogen and oxygen atoms in total. The monoisotopic (exact) mass is 246 g/mol. The van der Waals surface area contributed by atoms with Gasteiger partial charge in [-0.1, -0.05) is 0 Å².